The molecule has 20 heavy (non-hydrogen) atoms. The average molecular weight is 336 g/mol. The van der Waals surface area contributed by atoms with Crippen LogP contribution >= 0.6 is 15.9 Å². The molecule has 1 unspecified atom stereocenters. The number of halogens is 2. The van der Waals surface area contributed by atoms with Gasteiger partial charge >= 0.3 is 0 Å². The van der Waals surface area contributed by atoms with Crippen LogP contribution in [0, 0.1) is 5.82 Å². The highest BCUT2D eigenvalue weighted by Gasteiger charge is 2.23. The van der Waals surface area contributed by atoms with Gasteiger partial charge in [0.05, 0.1) is 16.6 Å². The van der Waals surface area contributed by atoms with Crippen molar-refractivity contribution in [1.29, 1.82) is 0 Å². The molecule has 1 saturated carbocycles. The Bertz CT molecular complexity index is 628. The van der Waals surface area contributed by atoms with Crippen LogP contribution in [0.15, 0.2) is 46.9 Å². The number of benzene rings is 2. The van der Waals surface area contributed by atoms with E-state index in [1.807, 2.05) is 24.3 Å². The maximum Gasteiger partial charge on any atom is 0.137 e. The van der Waals surface area contributed by atoms with Crippen molar-refractivity contribution in [2.45, 2.75) is 25.0 Å². The Hall–Kier alpha value is -1.39. The van der Waals surface area contributed by atoms with Gasteiger partial charge in [0, 0.05) is 0 Å². The SMILES string of the molecule is NC(c1cccc(OC2CC2)c1)c1ccc(F)c(Br)c1. The average Bonchev–Trinajstić information content (AvgIpc) is 3.25. The summed E-state index contributed by atoms with van der Waals surface area (Å²) in [5.74, 6) is 0.563. The lowest BCUT2D eigenvalue weighted by atomic mass is 9.99. The zero-order valence-corrected chi connectivity index (χ0v) is 12.4. The fourth-order valence-corrected chi connectivity index (χ4v) is 2.45. The first kappa shape index (κ1) is 13.6. The van der Waals surface area contributed by atoms with Gasteiger partial charge in [0.25, 0.3) is 0 Å². The molecule has 1 aliphatic carbocycles. The van der Waals surface area contributed by atoms with Gasteiger partial charge in [0.2, 0.25) is 0 Å². The molecule has 0 aliphatic heterocycles. The molecule has 0 heterocycles. The Morgan fingerprint density at radius 3 is 2.60 bits per heavy atom. The fraction of sp³-hybridized carbons (Fsp3) is 0.250. The number of rotatable bonds is 4. The molecule has 0 spiro atoms. The molecule has 1 aliphatic rings. The fourth-order valence-electron chi connectivity index (χ4n) is 2.06. The molecule has 3 rings (SSSR count). The van der Waals surface area contributed by atoms with E-state index < -0.39 is 0 Å². The first-order valence-corrected chi connectivity index (χ1v) is 7.40. The molecule has 104 valence electrons. The minimum absolute atomic E-state index is 0.285. The Balaban J connectivity index is 1.84. The predicted octanol–water partition coefficient (Wildman–Crippen LogP) is 4.18. The first-order valence-electron chi connectivity index (χ1n) is 6.60. The van der Waals surface area contributed by atoms with E-state index in [2.05, 4.69) is 15.9 Å². The molecule has 0 bridgehead atoms. The second kappa shape index (κ2) is 5.54. The summed E-state index contributed by atoms with van der Waals surface area (Å²) in [5.41, 5.74) is 8.07. The van der Waals surface area contributed by atoms with E-state index in [9.17, 15) is 4.39 Å². The summed E-state index contributed by atoms with van der Waals surface area (Å²) in [7, 11) is 0. The van der Waals surface area contributed by atoms with Gasteiger partial charge in [-0.3, -0.25) is 0 Å². The van der Waals surface area contributed by atoms with E-state index in [0.29, 0.717) is 10.6 Å². The highest BCUT2D eigenvalue weighted by atomic mass is 79.9. The highest BCUT2D eigenvalue weighted by Crippen LogP contribution is 2.30. The van der Waals surface area contributed by atoms with Crippen molar-refractivity contribution in [3.63, 3.8) is 0 Å². The van der Waals surface area contributed by atoms with Crippen molar-refractivity contribution in [1.82, 2.24) is 0 Å². The van der Waals surface area contributed by atoms with E-state index in [1.54, 1.807) is 12.1 Å². The van der Waals surface area contributed by atoms with E-state index in [4.69, 9.17) is 10.5 Å². The van der Waals surface area contributed by atoms with Crippen LogP contribution < -0.4 is 10.5 Å². The lowest BCUT2D eigenvalue weighted by Crippen LogP contribution is -2.12. The van der Waals surface area contributed by atoms with E-state index in [0.717, 1.165) is 29.7 Å². The Kier molecular flexibility index (Phi) is 3.76. The molecule has 2 aromatic rings. The van der Waals surface area contributed by atoms with Crippen molar-refractivity contribution >= 4 is 15.9 Å². The summed E-state index contributed by atoms with van der Waals surface area (Å²) >= 11 is 3.19. The predicted molar refractivity (Wildman–Crippen MR) is 80.2 cm³/mol. The van der Waals surface area contributed by atoms with Crippen LogP contribution in [0.5, 0.6) is 5.75 Å². The molecule has 0 amide bonds. The molecule has 0 radical (unpaired) electrons. The van der Waals surface area contributed by atoms with Gasteiger partial charge < -0.3 is 10.5 Å². The summed E-state index contributed by atoms with van der Waals surface area (Å²) in [5, 5.41) is 0. The molecule has 2 nitrogen and oxygen atoms in total. The number of ether oxygens (including phenoxy) is 1. The van der Waals surface area contributed by atoms with Crippen LogP contribution in [0.3, 0.4) is 0 Å². The second-order valence-electron chi connectivity index (χ2n) is 5.04. The second-order valence-corrected chi connectivity index (χ2v) is 5.90. The number of hydrogen-bond acceptors (Lipinski definition) is 2. The Morgan fingerprint density at radius 1 is 1.15 bits per heavy atom. The number of nitrogens with two attached hydrogens (primary N) is 1. The van der Waals surface area contributed by atoms with Gasteiger partial charge in [-0.25, -0.2) is 4.39 Å². The van der Waals surface area contributed by atoms with Crippen LogP contribution in [-0.2, 0) is 0 Å². The summed E-state index contributed by atoms with van der Waals surface area (Å²) in [4.78, 5) is 0. The van der Waals surface area contributed by atoms with Crippen LogP contribution in [0.1, 0.15) is 30.0 Å². The lowest BCUT2D eigenvalue weighted by Gasteiger charge is -2.14. The minimum Gasteiger partial charge on any atom is -0.490 e. The monoisotopic (exact) mass is 335 g/mol. The first-order chi connectivity index (χ1) is 9.63. The van der Waals surface area contributed by atoms with Gasteiger partial charge in [-0.1, -0.05) is 18.2 Å². The zero-order valence-electron chi connectivity index (χ0n) is 10.9. The Morgan fingerprint density at radius 2 is 1.90 bits per heavy atom. The lowest BCUT2D eigenvalue weighted by molar-refractivity contribution is 0.303. The van der Waals surface area contributed by atoms with Gasteiger partial charge in [0.15, 0.2) is 0 Å². The molecular formula is C16H15BrFNO. The van der Waals surface area contributed by atoms with Crippen molar-refractivity contribution in [2.24, 2.45) is 5.73 Å². The van der Waals surface area contributed by atoms with Crippen molar-refractivity contribution in [2.75, 3.05) is 0 Å². The van der Waals surface area contributed by atoms with E-state index in [1.165, 1.54) is 6.07 Å². The minimum atomic E-state index is -0.297. The van der Waals surface area contributed by atoms with Crippen LogP contribution in [0.2, 0.25) is 0 Å². The van der Waals surface area contributed by atoms with Crippen molar-refractivity contribution in [3.05, 3.63) is 63.9 Å². The van der Waals surface area contributed by atoms with Crippen molar-refractivity contribution in [3.8, 4) is 5.75 Å². The molecular weight excluding hydrogens is 321 g/mol. The summed E-state index contributed by atoms with van der Waals surface area (Å²) in [6, 6.07) is 12.3. The summed E-state index contributed by atoms with van der Waals surface area (Å²) in [6.45, 7) is 0. The third-order valence-electron chi connectivity index (χ3n) is 3.35. The molecule has 4 heteroatoms. The van der Waals surface area contributed by atoms with Gasteiger partial charge in [-0.05, 0) is 64.2 Å². The Labute approximate surface area is 125 Å². The maximum absolute atomic E-state index is 13.3. The van der Waals surface area contributed by atoms with Crippen LogP contribution in [0.4, 0.5) is 4.39 Å². The third-order valence-corrected chi connectivity index (χ3v) is 3.95. The van der Waals surface area contributed by atoms with E-state index in [-0.39, 0.29) is 11.9 Å². The number of hydrogen-bond donors (Lipinski definition) is 1. The molecule has 0 saturated heterocycles. The quantitative estimate of drug-likeness (QED) is 0.909. The zero-order chi connectivity index (χ0) is 14.1. The van der Waals surface area contributed by atoms with Gasteiger partial charge in [-0.15, -0.1) is 0 Å². The highest BCUT2D eigenvalue weighted by molar-refractivity contribution is 9.10. The van der Waals surface area contributed by atoms with Gasteiger partial charge in [0.1, 0.15) is 11.6 Å². The molecule has 1 atom stereocenters. The van der Waals surface area contributed by atoms with Crippen LogP contribution in [-0.4, -0.2) is 6.10 Å². The molecule has 2 N–H and O–H groups in total. The third kappa shape index (κ3) is 3.02. The molecule has 2 aromatic carbocycles. The summed E-state index contributed by atoms with van der Waals surface area (Å²) in [6.07, 6.45) is 2.61. The molecule has 1 fully saturated rings. The van der Waals surface area contributed by atoms with E-state index >= 15 is 0 Å². The molecule has 0 aromatic heterocycles. The smallest absolute Gasteiger partial charge is 0.137 e. The normalized spacial score (nSPS) is 15.9. The summed E-state index contributed by atoms with van der Waals surface area (Å²) < 4.78 is 19.5. The van der Waals surface area contributed by atoms with Crippen molar-refractivity contribution < 1.29 is 9.13 Å². The maximum atomic E-state index is 13.3. The van der Waals surface area contributed by atoms with Crippen LogP contribution in [0.25, 0.3) is 0 Å². The van der Waals surface area contributed by atoms with Gasteiger partial charge in [-0.2, -0.15) is 0 Å². The largest absolute Gasteiger partial charge is 0.490 e. The standard InChI is InChI=1S/C16H15BrFNO/c17-14-9-11(4-7-15(14)18)16(19)10-2-1-3-13(8-10)20-12-5-6-12/h1-4,7-9,12,16H,5-6,19H2. The topological polar surface area (TPSA) is 35.2 Å².